The third-order valence-electron chi connectivity index (χ3n) is 2.94. The second kappa shape index (κ2) is 8.11. The Morgan fingerprint density at radius 2 is 2.15 bits per heavy atom. The second-order valence-electron chi connectivity index (χ2n) is 4.63. The number of rotatable bonds is 7. The molecule has 1 aromatic heterocycles. The van der Waals surface area contributed by atoms with Crippen LogP contribution < -0.4 is 21.3 Å². The number of nitrogens with zero attached hydrogens (tertiary/aromatic N) is 3. The Kier molecular flexibility index (Phi) is 6.13. The normalized spacial score (nSPS) is 18.6. The van der Waals surface area contributed by atoms with Gasteiger partial charge in [0.2, 0.25) is 11.9 Å². The molecule has 4 N–H and O–H groups in total. The van der Waals surface area contributed by atoms with Crippen LogP contribution in [0.5, 0.6) is 6.01 Å². The molecular weight excluding hydrogens is 276 g/mol. The van der Waals surface area contributed by atoms with Gasteiger partial charge in [0.1, 0.15) is 0 Å². The number of thioether (sulfide) groups is 1. The highest BCUT2D eigenvalue weighted by atomic mass is 32.2. The van der Waals surface area contributed by atoms with Crippen LogP contribution in [0.1, 0.15) is 32.6 Å². The summed E-state index contributed by atoms with van der Waals surface area (Å²) in [5.74, 6) is 7.42. The van der Waals surface area contributed by atoms with Gasteiger partial charge in [-0.05, 0) is 25.0 Å². The van der Waals surface area contributed by atoms with Gasteiger partial charge in [0.25, 0.3) is 0 Å². The van der Waals surface area contributed by atoms with Crippen molar-refractivity contribution < 1.29 is 4.74 Å². The third-order valence-corrected chi connectivity index (χ3v) is 4.34. The van der Waals surface area contributed by atoms with E-state index >= 15 is 0 Å². The number of hydrogen-bond acceptors (Lipinski definition) is 8. The van der Waals surface area contributed by atoms with Gasteiger partial charge in [-0.1, -0.05) is 13.3 Å². The van der Waals surface area contributed by atoms with Crippen LogP contribution in [0.15, 0.2) is 0 Å². The lowest BCUT2D eigenvalue weighted by molar-refractivity contribution is 0.292. The zero-order valence-electron chi connectivity index (χ0n) is 11.8. The number of nitrogens with two attached hydrogens (primary N) is 1. The largest absolute Gasteiger partial charge is 0.463 e. The van der Waals surface area contributed by atoms with Gasteiger partial charge in [-0.25, -0.2) is 5.84 Å². The molecule has 0 bridgehead atoms. The molecule has 0 aromatic carbocycles. The van der Waals surface area contributed by atoms with Gasteiger partial charge in [0.05, 0.1) is 6.61 Å². The van der Waals surface area contributed by atoms with E-state index in [0.29, 0.717) is 29.8 Å². The fourth-order valence-corrected chi connectivity index (χ4v) is 3.17. The molecule has 0 radical (unpaired) electrons. The summed E-state index contributed by atoms with van der Waals surface area (Å²) in [4.78, 5) is 12.5. The van der Waals surface area contributed by atoms with Crippen LogP contribution >= 0.6 is 11.8 Å². The van der Waals surface area contributed by atoms with Gasteiger partial charge < -0.3 is 10.1 Å². The highest BCUT2D eigenvalue weighted by Crippen LogP contribution is 2.25. The standard InChI is InChI=1S/C12H22N6OS/c1-2-6-19-12-16-10(15-11(17-12)18-13)14-8-9-5-3-4-7-20-9/h9H,2-8,13H2,1H3,(H2,14,15,16,17,18). The summed E-state index contributed by atoms with van der Waals surface area (Å²) in [5, 5.41) is 3.87. The minimum atomic E-state index is 0.300. The molecule has 1 saturated heterocycles. The highest BCUT2D eigenvalue weighted by Gasteiger charge is 2.14. The summed E-state index contributed by atoms with van der Waals surface area (Å²) in [6, 6.07) is 0.300. The van der Waals surface area contributed by atoms with Crippen molar-refractivity contribution >= 4 is 23.7 Å². The van der Waals surface area contributed by atoms with Crippen LogP contribution in [0.25, 0.3) is 0 Å². The van der Waals surface area contributed by atoms with Gasteiger partial charge in [0, 0.05) is 11.8 Å². The fourth-order valence-electron chi connectivity index (χ4n) is 1.93. The molecule has 1 atom stereocenters. The number of aromatic nitrogens is 3. The Balaban J connectivity index is 1.94. The van der Waals surface area contributed by atoms with Gasteiger partial charge in [-0.2, -0.15) is 26.7 Å². The molecule has 2 heterocycles. The number of hydrogen-bond donors (Lipinski definition) is 3. The van der Waals surface area contributed by atoms with Crippen LogP contribution in [0.4, 0.5) is 11.9 Å². The smallest absolute Gasteiger partial charge is 0.323 e. The molecule has 20 heavy (non-hydrogen) atoms. The summed E-state index contributed by atoms with van der Waals surface area (Å²) >= 11 is 2.01. The first-order chi connectivity index (χ1) is 9.81. The first-order valence-corrected chi connectivity index (χ1v) is 8.07. The van der Waals surface area contributed by atoms with E-state index in [9.17, 15) is 0 Å². The quantitative estimate of drug-likeness (QED) is 0.516. The molecule has 7 nitrogen and oxygen atoms in total. The predicted molar refractivity (Wildman–Crippen MR) is 82.0 cm³/mol. The third kappa shape index (κ3) is 4.68. The summed E-state index contributed by atoms with van der Waals surface area (Å²) in [6.45, 7) is 3.46. The van der Waals surface area contributed by atoms with Crippen LogP contribution in [0.2, 0.25) is 0 Å². The van der Waals surface area contributed by atoms with Crippen LogP contribution in [-0.2, 0) is 0 Å². The molecule has 1 unspecified atom stereocenters. The summed E-state index contributed by atoms with van der Waals surface area (Å²) < 4.78 is 5.43. The molecule has 1 aliphatic rings. The monoisotopic (exact) mass is 298 g/mol. The van der Waals surface area contributed by atoms with Gasteiger partial charge in [-0.3, -0.25) is 5.43 Å². The molecule has 1 aromatic rings. The van der Waals surface area contributed by atoms with Crippen molar-refractivity contribution in [3.63, 3.8) is 0 Å². The minimum absolute atomic E-state index is 0.300. The molecule has 0 saturated carbocycles. The molecule has 2 rings (SSSR count). The van der Waals surface area contributed by atoms with E-state index < -0.39 is 0 Å². The van der Waals surface area contributed by atoms with Crippen molar-refractivity contribution in [2.75, 3.05) is 29.6 Å². The van der Waals surface area contributed by atoms with Crippen LogP contribution in [0.3, 0.4) is 0 Å². The van der Waals surface area contributed by atoms with E-state index in [1.54, 1.807) is 0 Å². The lowest BCUT2D eigenvalue weighted by Gasteiger charge is -2.21. The SMILES string of the molecule is CCCOc1nc(NN)nc(NCC2CCCCS2)n1. The maximum Gasteiger partial charge on any atom is 0.323 e. The van der Waals surface area contributed by atoms with E-state index in [0.717, 1.165) is 13.0 Å². The zero-order chi connectivity index (χ0) is 14.2. The van der Waals surface area contributed by atoms with Gasteiger partial charge >= 0.3 is 6.01 Å². The van der Waals surface area contributed by atoms with E-state index in [4.69, 9.17) is 10.6 Å². The molecule has 0 spiro atoms. The average Bonchev–Trinajstić information content (AvgIpc) is 2.51. The second-order valence-corrected chi connectivity index (χ2v) is 6.04. The van der Waals surface area contributed by atoms with E-state index in [-0.39, 0.29) is 0 Å². The Labute approximate surface area is 123 Å². The Hall–Kier alpha value is -1.28. The van der Waals surface area contributed by atoms with E-state index in [1.807, 2.05) is 18.7 Å². The summed E-state index contributed by atoms with van der Waals surface area (Å²) in [7, 11) is 0. The topological polar surface area (TPSA) is 98.0 Å². The number of anilines is 2. The van der Waals surface area contributed by atoms with Crippen molar-refractivity contribution in [1.82, 2.24) is 15.0 Å². The molecule has 112 valence electrons. The molecular formula is C12H22N6OS. The molecule has 0 aliphatic carbocycles. The summed E-state index contributed by atoms with van der Waals surface area (Å²) in [5.41, 5.74) is 2.43. The van der Waals surface area contributed by atoms with Crippen molar-refractivity contribution in [3.05, 3.63) is 0 Å². The maximum absolute atomic E-state index is 5.43. The first kappa shape index (κ1) is 15.1. The van der Waals surface area contributed by atoms with Crippen molar-refractivity contribution in [2.45, 2.75) is 37.9 Å². The molecule has 1 aliphatic heterocycles. The van der Waals surface area contributed by atoms with Gasteiger partial charge in [-0.15, -0.1) is 0 Å². The van der Waals surface area contributed by atoms with E-state index in [1.165, 1.54) is 25.0 Å². The lowest BCUT2D eigenvalue weighted by atomic mass is 10.2. The summed E-state index contributed by atoms with van der Waals surface area (Å²) in [6.07, 6.45) is 4.77. The number of ether oxygens (including phenoxy) is 1. The van der Waals surface area contributed by atoms with Crippen molar-refractivity contribution in [2.24, 2.45) is 5.84 Å². The predicted octanol–water partition coefficient (Wildman–Crippen LogP) is 1.64. The Bertz CT molecular complexity index is 413. The fraction of sp³-hybridized carbons (Fsp3) is 0.750. The Morgan fingerprint density at radius 3 is 2.85 bits per heavy atom. The Morgan fingerprint density at radius 1 is 1.30 bits per heavy atom. The van der Waals surface area contributed by atoms with Crippen molar-refractivity contribution in [1.29, 1.82) is 0 Å². The zero-order valence-corrected chi connectivity index (χ0v) is 12.6. The number of hydrazine groups is 1. The lowest BCUT2D eigenvalue weighted by Crippen LogP contribution is -2.22. The molecule has 8 heteroatoms. The van der Waals surface area contributed by atoms with Crippen LogP contribution in [-0.4, -0.2) is 39.1 Å². The van der Waals surface area contributed by atoms with E-state index in [2.05, 4.69) is 25.7 Å². The number of nitrogens with one attached hydrogen (secondary N) is 2. The average molecular weight is 298 g/mol. The number of nitrogen functional groups attached to an aromatic ring is 1. The van der Waals surface area contributed by atoms with Crippen molar-refractivity contribution in [3.8, 4) is 6.01 Å². The molecule has 1 fully saturated rings. The van der Waals surface area contributed by atoms with Gasteiger partial charge in [0.15, 0.2) is 0 Å². The van der Waals surface area contributed by atoms with Crippen LogP contribution in [0, 0.1) is 0 Å². The maximum atomic E-state index is 5.43. The highest BCUT2D eigenvalue weighted by molar-refractivity contribution is 7.99. The minimum Gasteiger partial charge on any atom is -0.463 e. The molecule has 0 amide bonds. The first-order valence-electron chi connectivity index (χ1n) is 7.02.